The van der Waals surface area contributed by atoms with Crippen LogP contribution >= 0.6 is 0 Å². The summed E-state index contributed by atoms with van der Waals surface area (Å²) < 4.78 is 35.9. The Hall–Kier alpha value is -1.03. The van der Waals surface area contributed by atoms with Gasteiger partial charge in [0, 0.05) is 12.6 Å². The molecule has 0 aliphatic heterocycles. The zero-order chi connectivity index (χ0) is 13.2. The molecule has 0 unspecified atom stereocenters. The summed E-state index contributed by atoms with van der Waals surface area (Å²) in [5.74, 6) is 0.508. The molecule has 0 bridgehead atoms. The summed E-state index contributed by atoms with van der Waals surface area (Å²) in [5, 5.41) is 2.97. The van der Waals surface area contributed by atoms with Crippen LogP contribution in [0.5, 0.6) is 0 Å². The first-order chi connectivity index (χ1) is 8.44. The molecule has 0 saturated heterocycles. The fourth-order valence-electron chi connectivity index (χ4n) is 2.40. The van der Waals surface area contributed by atoms with Crippen molar-refractivity contribution in [3.8, 4) is 0 Å². The zero-order valence-electron chi connectivity index (χ0n) is 10.4. The molecule has 1 aliphatic carbocycles. The molecule has 18 heavy (non-hydrogen) atoms. The summed E-state index contributed by atoms with van der Waals surface area (Å²) in [4.78, 5) is 0. The number of aryl methyl sites for hydroxylation is 1. The van der Waals surface area contributed by atoms with Crippen LogP contribution in [-0.4, -0.2) is 18.8 Å². The third-order valence-electron chi connectivity index (χ3n) is 3.49. The maximum absolute atomic E-state index is 12.0. The molecule has 1 aromatic carbocycles. The molecule has 0 amide bonds. The number of nitrogens with one attached hydrogen (secondary N) is 1. The lowest BCUT2D eigenvalue weighted by molar-refractivity contribution is -0.133. The Labute approximate surface area is 105 Å². The van der Waals surface area contributed by atoms with Crippen molar-refractivity contribution in [1.82, 2.24) is 5.32 Å². The second-order valence-electron chi connectivity index (χ2n) is 5.10. The summed E-state index contributed by atoms with van der Waals surface area (Å²) in [6, 6.07) is 8.61. The lowest BCUT2D eigenvalue weighted by Crippen LogP contribution is -2.41. The van der Waals surface area contributed by atoms with Crippen molar-refractivity contribution in [2.24, 2.45) is 0 Å². The Balaban J connectivity index is 1.71. The zero-order valence-corrected chi connectivity index (χ0v) is 10.4. The van der Waals surface area contributed by atoms with Gasteiger partial charge in [-0.2, -0.15) is 13.2 Å². The molecule has 1 aliphatic rings. The lowest BCUT2D eigenvalue weighted by atomic mass is 9.75. The van der Waals surface area contributed by atoms with Gasteiger partial charge in [-0.1, -0.05) is 29.8 Å². The van der Waals surface area contributed by atoms with Crippen LogP contribution in [0, 0.1) is 6.92 Å². The van der Waals surface area contributed by atoms with Crippen LogP contribution in [0.4, 0.5) is 13.2 Å². The number of hydrogen-bond acceptors (Lipinski definition) is 1. The Morgan fingerprint density at radius 2 is 2.00 bits per heavy atom. The molecule has 1 N–H and O–H groups in total. The summed E-state index contributed by atoms with van der Waals surface area (Å²) in [6.07, 6.45) is -2.89. The van der Waals surface area contributed by atoms with E-state index in [1.165, 1.54) is 11.1 Å². The monoisotopic (exact) mass is 257 g/mol. The number of hydrogen-bond donors (Lipinski definition) is 1. The molecule has 100 valence electrons. The standard InChI is InChI=1S/C14H18F3N/c1-10-3-2-4-11(7-10)12-8-13(9-12)18-6-5-14(15,16)17/h2-4,7,12-13,18H,5-6,8-9H2,1H3. The minimum Gasteiger partial charge on any atom is -0.314 e. The van der Waals surface area contributed by atoms with Crippen LogP contribution in [0.25, 0.3) is 0 Å². The van der Waals surface area contributed by atoms with Gasteiger partial charge in [0.25, 0.3) is 0 Å². The number of benzene rings is 1. The quantitative estimate of drug-likeness (QED) is 0.865. The normalized spacial score (nSPS) is 23.8. The largest absolute Gasteiger partial charge is 0.390 e. The molecular weight excluding hydrogens is 239 g/mol. The van der Waals surface area contributed by atoms with E-state index in [2.05, 4.69) is 30.4 Å². The van der Waals surface area contributed by atoms with Crippen LogP contribution in [0.15, 0.2) is 24.3 Å². The Kier molecular flexibility index (Phi) is 3.95. The topological polar surface area (TPSA) is 12.0 Å². The SMILES string of the molecule is Cc1cccc(C2CC(NCCC(F)(F)F)C2)c1. The molecule has 1 fully saturated rings. The minimum atomic E-state index is -4.05. The Bertz CT molecular complexity index is 394. The van der Waals surface area contributed by atoms with Gasteiger partial charge < -0.3 is 5.32 Å². The predicted octanol–water partition coefficient (Wildman–Crippen LogP) is 3.78. The highest BCUT2D eigenvalue weighted by molar-refractivity contribution is 5.27. The molecular formula is C14H18F3N. The van der Waals surface area contributed by atoms with Gasteiger partial charge in [-0.3, -0.25) is 0 Å². The summed E-state index contributed by atoms with van der Waals surface area (Å²) in [7, 11) is 0. The number of rotatable bonds is 4. The third kappa shape index (κ3) is 3.73. The van der Waals surface area contributed by atoms with E-state index in [9.17, 15) is 13.2 Å². The molecule has 4 heteroatoms. The van der Waals surface area contributed by atoms with E-state index >= 15 is 0 Å². The first-order valence-corrected chi connectivity index (χ1v) is 6.31. The van der Waals surface area contributed by atoms with Crippen LogP contribution in [0.2, 0.25) is 0 Å². The summed E-state index contributed by atoms with van der Waals surface area (Å²) >= 11 is 0. The molecule has 1 aromatic rings. The van der Waals surface area contributed by atoms with Crippen LogP contribution < -0.4 is 5.32 Å². The summed E-state index contributed by atoms with van der Waals surface area (Å²) in [6.45, 7) is 2.09. The minimum absolute atomic E-state index is 0.0364. The molecule has 0 atom stereocenters. The molecule has 0 aromatic heterocycles. The van der Waals surface area contributed by atoms with Gasteiger partial charge in [-0.25, -0.2) is 0 Å². The van der Waals surface area contributed by atoms with E-state index < -0.39 is 12.6 Å². The molecule has 0 spiro atoms. The first-order valence-electron chi connectivity index (χ1n) is 6.31. The molecule has 0 radical (unpaired) electrons. The lowest BCUT2D eigenvalue weighted by Gasteiger charge is -2.36. The third-order valence-corrected chi connectivity index (χ3v) is 3.49. The molecule has 1 saturated carbocycles. The van der Waals surface area contributed by atoms with Crippen LogP contribution in [0.3, 0.4) is 0 Å². The van der Waals surface area contributed by atoms with Gasteiger partial charge in [-0.15, -0.1) is 0 Å². The second-order valence-corrected chi connectivity index (χ2v) is 5.10. The van der Waals surface area contributed by atoms with Gasteiger partial charge in [0.15, 0.2) is 0 Å². The van der Waals surface area contributed by atoms with Crippen molar-refractivity contribution in [2.75, 3.05) is 6.54 Å². The van der Waals surface area contributed by atoms with E-state index in [1.807, 2.05) is 6.07 Å². The first kappa shape index (κ1) is 13.4. The highest BCUT2D eigenvalue weighted by atomic mass is 19.4. The van der Waals surface area contributed by atoms with Crippen molar-refractivity contribution in [1.29, 1.82) is 0 Å². The van der Waals surface area contributed by atoms with Gasteiger partial charge in [-0.05, 0) is 31.2 Å². The van der Waals surface area contributed by atoms with Crippen molar-refractivity contribution in [3.05, 3.63) is 35.4 Å². The molecule has 1 nitrogen and oxygen atoms in total. The Morgan fingerprint density at radius 3 is 2.61 bits per heavy atom. The van der Waals surface area contributed by atoms with Gasteiger partial charge in [0.05, 0.1) is 6.42 Å². The number of alkyl halides is 3. The van der Waals surface area contributed by atoms with Crippen LogP contribution in [-0.2, 0) is 0 Å². The van der Waals surface area contributed by atoms with E-state index in [-0.39, 0.29) is 12.6 Å². The summed E-state index contributed by atoms with van der Waals surface area (Å²) in [5.41, 5.74) is 2.55. The highest BCUT2D eigenvalue weighted by Gasteiger charge is 2.31. The molecule has 0 heterocycles. The average molecular weight is 257 g/mol. The smallest absolute Gasteiger partial charge is 0.314 e. The Morgan fingerprint density at radius 1 is 1.28 bits per heavy atom. The van der Waals surface area contributed by atoms with Crippen molar-refractivity contribution < 1.29 is 13.2 Å². The van der Waals surface area contributed by atoms with Gasteiger partial charge >= 0.3 is 6.18 Å². The molecule has 2 rings (SSSR count). The average Bonchev–Trinajstić information content (AvgIpc) is 2.19. The van der Waals surface area contributed by atoms with E-state index in [4.69, 9.17) is 0 Å². The van der Waals surface area contributed by atoms with Crippen molar-refractivity contribution >= 4 is 0 Å². The maximum atomic E-state index is 12.0. The fraction of sp³-hybridized carbons (Fsp3) is 0.571. The predicted molar refractivity (Wildman–Crippen MR) is 65.6 cm³/mol. The van der Waals surface area contributed by atoms with Gasteiger partial charge in [0.2, 0.25) is 0 Å². The number of halogens is 3. The van der Waals surface area contributed by atoms with Gasteiger partial charge in [0.1, 0.15) is 0 Å². The van der Waals surface area contributed by atoms with E-state index in [0.717, 1.165) is 12.8 Å². The van der Waals surface area contributed by atoms with E-state index in [1.54, 1.807) is 0 Å². The van der Waals surface area contributed by atoms with Crippen molar-refractivity contribution in [2.45, 2.75) is 44.3 Å². The fourth-order valence-corrected chi connectivity index (χ4v) is 2.40. The maximum Gasteiger partial charge on any atom is 0.390 e. The van der Waals surface area contributed by atoms with E-state index in [0.29, 0.717) is 5.92 Å². The van der Waals surface area contributed by atoms with Crippen LogP contribution in [0.1, 0.15) is 36.3 Å². The van der Waals surface area contributed by atoms with Crippen molar-refractivity contribution in [3.63, 3.8) is 0 Å². The second kappa shape index (κ2) is 5.31. The highest BCUT2D eigenvalue weighted by Crippen LogP contribution is 2.37.